The lowest BCUT2D eigenvalue weighted by Crippen LogP contribution is -2.62. The number of aliphatic hydroxyl groups excluding tert-OH is 1. The molecule has 0 radical (unpaired) electrons. The summed E-state index contributed by atoms with van der Waals surface area (Å²) in [5, 5.41) is 91.0. The van der Waals surface area contributed by atoms with Gasteiger partial charge in [0.2, 0.25) is 76.8 Å². The molecule has 4 bridgehead atoms. The molecule has 132 heavy (non-hydrogen) atoms. The molecule has 5 aromatic rings. The number of aliphatic carboxylic acids is 5. The average Bonchev–Trinajstić information content (AvgIpc) is 1.61. The third-order valence-electron chi connectivity index (χ3n) is 22.7. The van der Waals surface area contributed by atoms with E-state index >= 15 is 19.2 Å². The van der Waals surface area contributed by atoms with Crippen molar-refractivity contribution in [1.29, 1.82) is 0 Å². The molecular formula is C86H117N19O24S3. The summed E-state index contributed by atoms with van der Waals surface area (Å²) in [5.74, 6) is -21.8. The molecule has 0 saturated carbocycles. The van der Waals surface area contributed by atoms with Gasteiger partial charge in [-0.25, -0.2) is 0 Å². The first-order valence-corrected chi connectivity index (χ1v) is 46.7. The molecule has 4 aliphatic heterocycles. The van der Waals surface area contributed by atoms with E-state index in [0.29, 0.717) is 56.0 Å². The number of H-pyrrole nitrogens is 2. The van der Waals surface area contributed by atoms with Crippen LogP contribution >= 0.6 is 35.3 Å². The fourth-order valence-electron chi connectivity index (χ4n) is 15.7. The number of rotatable bonds is 22. The fraction of sp³-hybridized carbons (Fsp3) is 0.535. The molecule has 6 heterocycles. The van der Waals surface area contributed by atoms with Gasteiger partial charge in [0.25, 0.3) is 0 Å². The molecule has 2 aromatic heterocycles. The van der Waals surface area contributed by atoms with Crippen LogP contribution in [0.2, 0.25) is 0 Å². The van der Waals surface area contributed by atoms with Crippen LogP contribution in [-0.2, 0) is 116 Å². The predicted molar refractivity (Wildman–Crippen MR) is 484 cm³/mol. The number of primary amides is 1. The number of carbonyl (C=O) groups is 18. The highest BCUT2D eigenvalue weighted by molar-refractivity contribution is 7.99. The topological polar surface area (TPSA) is 635 Å². The lowest BCUT2D eigenvalue weighted by atomic mass is 9.99. The molecule has 0 unspecified atom stereocenters. The van der Waals surface area contributed by atoms with Crippen molar-refractivity contribution in [2.45, 2.75) is 169 Å². The summed E-state index contributed by atoms with van der Waals surface area (Å²) < 4.78 is 0. The van der Waals surface area contributed by atoms with Crippen molar-refractivity contribution >= 4 is 164 Å². The highest BCUT2D eigenvalue weighted by Gasteiger charge is 2.43. The lowest BCUT2D eigenvalue weighted by molar-refractivity contribution is -0.143. The van der Waals surface area contributed by atoms with Crippen LogP contribution in [0.3, 0.4) is 0 Å². The Bertz CT molecular complexity index is 4980. The molecule has 3 aromatic carbocycles. The van der Waals surface area contributed by atoms with Crippen molar-refractivity contribution in [3.05, 3.63) is 107 Å². The molecule has 4 aliphatic rings. The largest absolute Gasteiger partial charge is 0.481 e. The monoisotopic (exact) mass is 1900 g/mol. The third kappa shape index (κ3) is 31.7. The highest BCUT2D eigenvalue weighted by atomic mass is 32.2. The van der Waals surface area contributed by atoms with E-state index in [1.54, 1.807) is 103 Å². The maximum absolute atomic E-state index is 15.5. The Hall–Kier alpha value is -12.0. The van der Waals surface area contributed by atoms with Gasteiger partial charge in [-0.1, -0.05) is 82.3 Å². The van der Waals surface area contributed by atoms with Crippen LogP contribution in [0.4, 0.5) is 0 Å². The molecule has 43 nitrogen and oxygen atoms in total. The minimum Gasteiger partial charge on any atom is -0.481 e. The smallest absolute Gasteiger partial charge is 0.317 e. The van der Waals surface area contributed by atoms with Crippen molar-refractivity contribution in [3.8, 4) is 0 Å². The Labute approximate surface area is 772 Å². The summed E-state index contributed by atoms with van der Waals surface area (Å²) in [6, 6.07) is 1.49. The molecular weight excluding hydrogens is 1780 g/mol. The lowest BCUT2D eigenvalue weighted by Gasteiger charge is -2.33. The first kappa shape index (κ1) is 104. The van der Waals surface area contributed by atoms with Gasteiger partial charge < -0.3 is 110 Å². The number of aromatic amines is 2. The SMILES string of the molecule is CC(C)[C@@H]1NC(=O)[C@H](Cc2c[nH]c3ccccc23)NC(=O)[C@@H]2CSCc3cc(cc(c3)CSC[C@H](NC(=O)CN3CCN(CC(=O)O)CCN(CC(=O)O)CCN(CC(=O)O)CC3)C(=O)N[C@@H]([C@@H](C)O)C(=O)N[C@@H](CCC(=O)O)C(=O)N2)CSC[C@@H](C(N)=O)NC(=O)[C@@H]2CCCN2C(=O)[C@H](C(C)C)NC(=O)[C@H](Cc2c[nH]c3ccccc23)NC(=O)CNC(=O)[C@H](CC(=O)O)NC1=O. The number of carboxylic acids is 5. The highest BCUT2D eigenvalue weighted by Crippen LogP contribution is 2.28. The normalized spacial score (nSPS) is 24.2. The summed E-state index contributed by atoms with van der Waals surface area (Å²) in [7, 11) is 0. The number of amides is 13. The molecule has 718 valence electrons. The minimum atomic E-state index is -1.98. The maximum Gasteiger partial charge on any atom is 0.317 e. The minimum absolute atomic E-state index is 0.00970. The van der Waals surface area contributed by atoms with Crippen LogP contribution in [0, 0.1) is 11.8 Å². The van der Waals surface area contributed by atoms with Gasteiger partial charge in [-0.15, -0.1) is 0 Å². The van der Waals surface area contributed by atoms with Gasteiger partial charge in [0.05, 0.1) is 45.2 Å². The van der Waals surface area contributed by atoms with Gasteiger partial charge in [-0.05, 0) is 78.0 Å². The number of aliphatic hydroxyl groups is 1. The van der Waals surface area contributed by atoms with Crippen molar-refractivity contribution in [2.24, 2.45) is 17.6 Å². The van der Waals surface area contributed by atoms with Crippen LogP contribution < -0.4 is 64.2 Å². The van der Waals surface area contributed by atoms with Gasteiger partial charge in [0, 0.05) is 147 Å². The number of carboxylic acid groups (broad SMARTS) is 5. The number of hydrogen-bond acceptors (Lipinski definition) is 26. The fourth-order valence-corrected chi connectivity index (χ4v) is 18.7. The molecule has 0 spiro atoms. The van der Waals surface area contributed by atoms with Gasteiger partial charge in [0.15, 0.2) is 0 Å². The van der Waals surface area contributed by atoms with E-state index in [2.05, 4.69) is 68.5 Å². The van der Waals surface area contributed by atoms with E-state index in [-0.39, 0.29) is 113 Å². The second-order valence-corrected chi connectivity index (χ2v) is 36.8. The van der Waals surface area contributed by atoms with E-state index in [4.69, 9.17) is 5.73 Å². The second-order valence-electron chi connectivity index (χ2n) is 33.7. The van der Waals surface area contributed by atoms with E-state index in [0.717, 1.165) is 30.4 Å². The number of carbonyl (C=O) groups excluding carboxylic acids is 13. The van der Waals surface area contributed by atoms with E-state index in [1.165, 1.54) is 40.3 Å². The first-order chi connectivity index (χ1) is 62.7. The van der Waals surface area contributed by atoms with Crippen LogP contribution in [-0.4, -0.2) is 353 Å². The Morgan fingerprint density at radius 3 is 1.41 bits per heavy atom. The average molecular weight is 1900 g/mol. The van der Waals surface area contributed by atoms with Crippen molar-refractivity contribution in [3.63, 3.8) is 0 Å². The standard InChI is InChI=1S/C86H117N19O24S3/c1-46(2)73-84(127)95-61(32-69(111)112)77(120)90-35-66(107)91-59(30-52-33-88-56-13-8-6-11-54(52)56)79(122)99-74(47(3)4)86(129)105-18-10-15-65(105)83(126)96-62(76(87)119)43-130-40-49-27-50-29-51(28-49)42-132-45-64(81(124)94-60(80(123)98-73)31-53-34-89-57-14-9-7-12-55(53)57)97-78(121)58(16-17-68(109)110)93-85(128)75(48(5)106)100-82(125)63(44-131-41-50)92-67(108)36-101-19-21-102(37-70(113)114)23-25-104(39-72(117)118)26-24-103(22-20-101)38-71(115)116/h6-9,11-14,27-29,33-34,46-48,58-65,73-75,88-89,106H,10,15-26,30-32,35-45H2,1-5H3,(H2,87,119)(H,90,120)(H,91,107)(H,92,108)(H,93,128)(H,94,124)(H,95,127)(H,96,126)(H,97,121)(H,98,123)(H,99,122)(H,100,125)(H,109,110)(H,111,112)(H,113,114)(H,115,116)(H,117,118)/t48-,58+,59+,60+,61+,62+,63+,64+,65+,73+,74+,75+/m1/s1. The van der Waals surface area contributed by atoms with Gasteiger partial charge in [-0.2, -0.15) is 35.3 Å². The van der Waals surface area contributed by atoms with Crippen molar-refractivity contribution < 1.29 is 117 Å². The molecule has 0 aliphatic carbocycles. The molecule has 21 N–H and O–H groups in total. The van der Waals surface area contributed by atoms with Crippen LogP contribution in [0.25, 0.3) is 21.8 Å². The Balaban J connectivity index is 1.10. The zero-order valence-electron chi connectivity index (χ0n) is 73.8. The van der Waals surface area contributed by atoms with Crippen molar-refractivity contribution in [1.82, 2.24) is 93.0 Å². The third-order valence-corrected chi connectivity index (χ3v) is 26.0. The predicted octanol–water partition coefficient (Wildman–Crippen LogP) is -3.19. The van der Waals surface area contributed by atoms with Crippen molar-refractivity contribution in [2.75, 3.05) is 109 Å². The summed E-state index contributed by atoms with van der Waals surface area (Å²) >= 11 is 3.35. The maximum atomic E-state index is 15.5. The zero-order valence-corrected chi connectivity index (χ0v) is 76.2. The number of hydrogen-bond donors (Lipinski definition) is 20. The molecule has 12 atom stereocenters. The molecule has 46 heteroatoms. The second kappa shape index (κ2) is 50.1. The molecule has 2 fully saturated rings. The van der Waals surface area contributed by atoms with Crippen LogP contribution in [0.15, 0.2) is 79.1 Å². The number of nitrogens with two attached hydrogens (primary N) is 1. The Morgan fingerprint density at radius 2 is 0.917 bits per heavy atom. The number of para-hydroxylation sites is 2. The number of thioether (sulfide) groups is 3. The number of benzene rings is 3. The molecule has 9 rings (SSSR count). The number of nitrogens with one attached hydrogen (secondary N) is 13. The van der Waals surface area contributed by atoms with E-state index in [9.17, 15) is 97.8 Å². The first-order valence-electron chi connectivity index (χ1n) is 43.3. The zero-order chi connectivity index (χ0) is 96.2. The quantitative estimate of drug-likeness (QED) is 0.0325. The summed E-state index contributed by atoms with van der Waals surface area (Å²) in [6.07, 6.45) is -1.31. The van der Waals surface area contributed by atoms with Crippen LogP contribution in [0.5, 0.6) is 0 Å². The van der Waals surface area contributed by atoms with Gasteiger partial charge >= 0.3 is 29.8 Å². The van der Waals surface area contributed by atoms with E-state index in [1.807, 2.05) is 0 Å². The number of aromatic nitrogens is 2. The number of nitrogens with zero attached hydrogens (tertiary/aromatic N) is 5. The Morgan fingerprint density at radius 1 is 0.462 bits per heavy atom. The van der Waals surface area contributed by atoms with Crippen LogP contribution in [0.1, 0.15) is 94.5 Å². The van der Waals surface area contributed by atoms with Gasteiger partial charge in [0.1, 0.15) is 66.5 Å². The Kier molecular flexibility index (Phi) is 39.4. The summed E-state index contributed by atoms with van der Waals surface area (Å²) in [4.78, 5) is 266. The summed E-state index contributed by atoms with van der Waals surface area (Å²) in [6.45, 7) is 4.95. The van der Waals surface area contributed by atoms with E-state index < -0.39 is 243 Å². The van der Waals surface area contributed by atoms with Gasteiger partial charge in [-0.3, -0.25) is 106 Å². The summed E-state index contributed by atoms with van der Waals surface area (Å²) in [5.41, 5.74) is 10.0. The molecule has 13 amide bonds. The number of fused-ring (bicyclic) bond motifs is 8. The molecule has 2 saturated heterocycles.